The molecule has 0 bridgehead atoms. The number of aryl methyl sites for hydroxylation is 2. The SMILES string of the molecule is CC1CCCN1C(=O)C(n1cc(CCCCN2CCC(c3ccc4c(c3)C3(CCCCC3)c3nc(=O)c5c(Br)cccc5n3-4)CC2)nn1)C(C)(C)C.Cc1ncsc1-c1ccc(C(C)NC=O)cc1. The molecule has 3 aromatic carbocycles. The standard InChI is InChI=1S/C42H54BrN7O2.C13H14N2OS/c1-28-12-11-23-48(28)39(52)37(41(2,3)4)49-27-31(45-46-49)13-6-9-22-47-24-18-29(19-25-47)30-16-17-34-32(26-30)42(20-7-5-8-21-42)40-44-38(51)36-33(43)14-10-15-35(36)50(34)40;1-9(14-7-16)11-3-5-12(6-4-11)13-10(2)15-8-17-13/h10,14-17,26-29,37H,5-9,11-13,18-25H2,1-4H3;3-9H,1-2H3,(H,14,16). The molecular formula is C55H68BrN9O3S. The van der Waals surface area contributed by atoms with Crippen LogP contribution in [0.5, 0.6) is 0 Å². The van der Waals surface area contributed by atoms with E-state index < -0.39 is 0 Å². The number of hydrogen-bond acceptors (Lipinski definition) is 9. The van der Waals surface area contributed by atoms with Gasteiger partial charge in [0.05, 0.1) is 49.8 Å². The van der Waals surface area contributed by atoms with Crippen LogP contribution in [-0.2, 0) is 21.4 Å². The molecule has 6 aromatic rings. The molecule has 3 unspecified atom stereocenters. The first-order valence-electron chi connectivity index (χ1n) is 25.3. The third-order valence-electron chi connectivity index (χ3n) is 15.4. The van der Waals surface area contributed by atoms with Gasteiger partial charge in [-0.25, -0.2) is 9.67 Å². The van der Waals surface area contributed by atoms with Crippen LogP contribution in [-0.4, -0.2) is 83.9 Å². The zero-order chi connectivity index (χ0) is 48.5. The number of benzene rings is 3. The number of hydrogen-bond donors (Lipinski definition) is 1. The zero-order valence-electron chi connectivity index (χ0n) is 41.2. The molecule has 3 aliphatic heterocycles. The molecule has 14 heteroatoms. The Morgan fingerprint density at radius 3 is 2.43 bits per heavy atom. The Balaban J connectivity index is 0.000000294. The Labute approximate surface area is 419 Å². The molecule has 6 heterocycles. The summed E-state index contributed by atoms with van der Waals surface area (Å²) in [7, 11) is 0. The number of halogens is 1. The van der Waals surface area contributed by atoms with Gasteiger partial charge in [0.15, 0.2) is 0 Å². The number of likely N-dealkylation sites (tertiary alicyclic amines) is 2. The van der Waals surface area contributed by atoms with Crippen molar-refractivity contribution < 1.29 is 9.59 Å². The summed E-state index contributed by atoms with van der Waals surface area (Å²) in [5.41, 5.74) is 10.6. The number of carbonyl (C=O) groups is 2. The van der Waals surface area contributed by atoms with Gasteiger partial charge in [-0.1, -0.05) is 87.7 Å². The van der Waals surface area contributed by atoms with Crippen molar-refractivity contribution in [1.82, 2.24) is 44.6 Å². The molecule has 4 aliphatic rings. The lowest BCUT2D eigenvalue weighted by atomic mass is 9.69. The highest BCUT2D eigenvalue weighted by molar-refractivity contribution is 9.10. The molecular weight excluding hydrogens is 947 g/mol. The molecule has 1 saturated carbocycles. The van der Waals surface area contributed by atoms with Crippen molar-refractivity contribution in [2.75, 3.05) is 26.2 Å². The second-order valence-electron chi connectivity index (χ2n) is 21.1. The van der Waals surface area contributed by atoms with Gasteiger partial charge >= 0.3 is 0 Å². The third kappa shape index (κ3) is 10.00. The van der Waals surface area contributed by atoms with Gasteiger partial charge in [-0.05, 0) is 166 Å². The Morgan fingerprint density at radius 2 is 1.75 bits per heavy atom. The lowest BCUT2D eigenvalue weighted by Crippen LogP contribution is -2.44. The number of unbranched alkanes of at least 4 members (excludes halogenated alkanes) is 1. The van der Waals surface area contributed by atoms with Crippen molar-refractivity contribution in [3.8, 4) is 16.1 Å². The second-order valence-corrected chi connectivity index (χ2v) is 22.8. The van der Waals surface area contributed by atoms with Crippen LogP contribution in [0.1, 0.15) is 157 Å². The topological polar surface area (TPSA) is 131 Å². The number of rotatable bonds is 12. The average molecular weight is 1020 g/mol. The molecule has 0 radical (unpaired) electrons. The van der Waals surface area contributed by atoms with Gasteiger partial charge in [0.25, 0.3) is 5.56 Å². The summed E-state index contributed by atoms with van der Waals surface area (Å²) in [4.78, 5) is 52.3. The van der Waals surface area contributed by atoms with Crippen molar-refractivity contribution in [3.63, 3.8) is 0 Å². The minimum atomic E-state index is -0.340. The van der Waals surface area contributed by atoms with Crippen molar-refractivity contribution in [2.45, 2.75) is 148 Å². The van der Waals surface area contributed by atoms with Crippen molar-refractivity contribution in [2.24, 2.45) is 5.41 Å². The summed E-state index contributed by atoms with van der Waals surface area (Å²) in [6.45, 7) is 16.7. The van der Waals surface area contributed by atoms with E-state index in [4.69, 9.17) is 4.98 Å². The molecule has 1 aliphatic carbocycles. The Morgan fingerprint density at radius 1 is 0.986 bits per heavy atom. The maximum Gasteiger partial charge on any atom is 0.281 e. The highest BCUT2D eigenvalue weighted by Crippen LogP contribution is 2.52. The number of thiazole rings is 1. The maximum atomic E-state index is 13.6. The predicted molar refractivity (Wildman–Crippen MR) is 279 cm³/mol. The molecule has 3 fully saturated rings. The fourth-order valence-electron chi connectivity index (χ4n) is 11.6. The van der Waals surface area contributed by atoms with Crippen LogP contribution in [0, 0.1) is 12.3 Å². The number of amides is 2. The van der Waals surface area contributed by atoms with Crippen molar-refractivity contribution in [1.29, 1.82) is 0 Å². The Kier molecular flexibility index (Phi) is 14.7. The van der Waals surface area contributed by atoms with Gasteiger partial charge in [-0.2, -0.15) is 4.98 Å². The van der Waals surface area contributed by atoms with E-state index in [9.17, 15) is 14.4 Å². The molecule has 1 N–H and O–H groups in total. The van der Waals surface area contributed by atoms with Gasteiger partial charge in [-0.3, -0.25) is 19.0 Å². The van der Waals surface area contributed by atoms with E-state index >= 15 is 0 Å². The monoisotopic (exact) mass is 1010 g/mol. The third-order valence-corrected chi connectivity index (χ3v) is 17.1. The predicted octanol–water partition coefficient (Wildman–Crippen LogP) is 11.0. The molecule has 69 heavy (non-hydrogen) atoms. The number of piperidine rings is 1. The molecule has 2 saturated heterocycles. The highest BCUT2D eigenvalue weighted by Gasteiger charge is 2.47. The first-order valence-corrected chi connectivity index (χ1v) is 26.9. The normalized spacial score (nSPS) is 18.9. The largest absolute Gasteiger partial charge is 0.352 e. The van der Waals surface area contributed by atoms with E-state index in [0.29, 0.717) is 17.3 Å². The fraction of sp³-hybridized carbons (Fsp3) is 0.509. The molecule has 10 rings (SSSR count). The van der Waals surface area contributed by atoms with Gasteiger partial charge in [0.2, 0.25) is 12.3 Å². The van der Waals surface area contributed by atoms with E-state index in [2.05, 4.69) is 110 Å². The number of carbonyl (C=O) groups excluding carboxylic acids is 2. The van der Waals surface area contributed by atoms with E-state index in [1.165, 1.54) is 46.5 Å². The quantitative estimate of drug-likeness (QED) is 0.0947. The van der Waals surface area contributed by atoms with E-state index in [-0.39, 0.29) is 34.4 Å². The summed E-state index contributed by atoms with van der Waals surface area (Å²) in [6, 6.07) is 21.4. The molecule has 1 spiro atoms. The van der Waals surface area contributed by atoms with Crippen LogP contribution in [0.15, 0.2) is 81.6 Å². The summed E-state index contributed by atoms with van der Waals surface area (Å²) in [6.07, 6.45) is 16.0. The van der Waals surface area contributed by atoms with Crippen LogP contribution in [0.25, 0.3) is 27.0 Å². The van der Waals surface area contributed by atoms with Crippen LogP contribution in [0.3, 0.4) is 0 Å². The first kappa shape index (κ1) is 49.0. The highest BCUT2D eigenvalue weighted by atomic mass is 79.9. The van der Waals surface area contributed by atoms with Gasteiger partial charge in [0.1, 0.15) is 11.9 Å². The van der Waals surface area contributed by atoms with Crippen molar-refractivity contribution >= 4 is 50.5 Å². The first-order chi connectivity index (χ1) is 33.3. The van der Waals surface area contributed by atoms with E-state index in [0.717, 1.165) is 123 Å². The second kappa shape index (κ2) is 20.7. The van der Waals surface area contributed by atoms with E-state index in [1.54, 1.807) is 11.3 Å². The number of fused-ring (bicyclic) bond motifs is 7. The van der Waals surface area contributed by atoms with Crippen molar-refractivity contribution in [3.05, 3.63) is 121 Å². The van der Waals surface area contributed by atoms with Crippen LogP contribution < -0.4 is 10.9 Å². The number of aromatic nitrogens is 6. The van der Waals surface area contributed by atoms with Crippen LogP contribution in [0.2, 0.25) is 0 Å². The molecule has 12 nitrogen and oxygen atoms in total. The Bertz CT molecular complexity index is 2830. The summed E-state index contributed by atoms with van der Waals surface area (Å²) >= 11 is 5.28. The minimum Gasteiger partial charge on any atom is -0.352 e. The summed E-state index contributed by atoms with van der Waals surface area (Å²) < 4.78 is 4.94. The zero-order valence-corrected chi connectivity index (χ0v) is 43.6. The smallest absolute Gasteiger partial charge is 0.281 e. The lowest BCUT2D eigenvalue weighted by Gasteiger charge is -2.35. The van der Waals surface area contributed by atoms with Gasteiger partial charge < -0.3 is 15.1 Å². The van der Waals surface area contributed by atoms with Crippen LogP contribution in [0.4, 0.5) is 0 Å². The fourth-order valence-corrected chi connectivity index (χ4v) is 13.0. The lowest BCUT2D eigenvalue weighted by molar-refractivity contribution is -0.139. The molecule has 364 valence electrons. The van der Waals surface area contributed by atoms with Gasteiger partial charge in [-0.15, -0.1) is 16.4 Å². The number of nitrogens with zero attached hydrogens (tertiary/aromatic N) is 8. The number of nitrogens with one attached hydrogen (secondary N) is 1. The van der Waals surface area contributed by atoms with E-state index in [1.807, 2.05) is 59.4 Å². The van der Waals surface area contributed by atoms with Gasteiger partial charge in [0, 0.05) is 23.3 Å². The average Bonchev–Trinajstić information content (AvgIpc) is 4.15. The Hall–Kier alpha value is -5.05. The minimum absolute atomic E-state index is 0.0455. The molecule has 3 atom stereocenters. The maximum absolute atomic E-state index is 13.6. The summed E-state index contributed by atoms with van der Waals surface area (Å²) in [5, 5.41) is 12.4. The summed E-state index contributed by atoms with van der Waals surface area (Å²) in [5.74, 6) is 1.67. The molecule has 2 amide bonds. The van der Waals surface area contributed by atoms with Crippen LogP contribution >= 0.6 is 27.3 Å². The molecule has 3 aromatic heterocycles.